The number of urea groups is 1. The van der Waals surface area contributed by atoms with Crippen LogP contribution in [0.2, 0.25) is 0 Å². The molecule has 1 aromatic carbocycles. The maximum absolute atomic E-state index is 12.4. The van der Waals surface area contributed by atoms with Gasteiger partial charge in [0.05, 0.1) is 0 Å². The average Bonchev–Trinajstić information content (AvgIpc) is 3.30. The standard InChI is InChI=1S/C25H31N5O2/c1-3-18(2)24(31)30-13-9-21(10-14-30)20-4-6-22(7-5-20)28-25(32)27-17-19-8-12-29-15-11-26-23(29)16-19/h4-8,11-12,15-16,18,21H,3,9-10,13-14,17H2,1-2H3,(H2,27,28,32)/t18-/m0/s1. The van der Waals surface area contributed by atoms with Gasteiger partial charge in [-0.25, -0.2) is 9.78 Å². The van der Waals surface area contributed by atoms with Gasteiger partial charge >= 0.3 is 6.03 Å². The second-order valence-corrected chi connectivity index (χ2v) is 8.57. The van der Waals surface area contributed by atoms with Gasteiger partial charge in [-0.1, -0.05) is 26.0 Å². The molecule has 0 bridgehead atoms. The number of anilines is 1. The predicted molar refractivity (Wildman–Crippen MR) is 126 cm³/mol. The highest BCUT2D eigenvalue weighted by molar-refractivity contribution is 5.89. The van der Waals surface area contributed by atoms with Crippen LogP contribution in [0.15, 0.2) is 55.0 Å². The van der Waals surface area contributed by atoms with E-state index in [0.29, 0.717) is 12.5 Å². The van der Waals surface area contributed by atoms with Crippen molar-refractivity contribution in [3.63, 3.8) is 0 Å². The summed E-state index contributed by atoms with van der Waals surface area (Å²) in [6.07, 6.45) is 8.42. The quantitative estimate of drug-likeness (QED) is 0.604. The Morgan fingerprint density at radius 1 is 1.12 bits per heavy atom. The van der Waals surface area contributed by atoms with Gasteiger partial charge in [-0.05, 0) is 60.6 Å². The second-order valence-electron chi connectivity index (χ2n) is 8.57. The van der Waals surface area contributed by atoms with Crippen LogP contribution in [0, 0.1) is 5.92 Å². The third-order valence-corrected chi connectivity index (χ3v) is 6.40. The maximum Gasteiger partial charge on any atom is 0.319 e. The molecule has 1 aliphatic heterocycles. The topological polar surface area (TPSA) is 78.7 Å². The van der Waals surface area contributed by atoms with Gasteiger partial charge in [0.1, 0.15) is 5.65 Å². The van der Waals surface area contributed by atoms with Gasteiger partial charge in [-0.2, -0.15) is 0 Å². The van der Waals surface area contributed by atoms with E-state index in [0.717, 1.165) is 49.2 Å². The molecule has 32 heavy (non-hydrogen) atoms. The molecule has 3 amide bonds. The summed E-state index contributed by atoms with van der Waals surface area (Å²) in [5.41, 5.74) is 3.88. The van der Waals surface area contributed by atoms with Crippen molar-refractivity contribution in [2.75, 3.05) is 18.4 Å². The molecule has 0 saturated carbocycles. The Labute approximate surface area is 188 Å². The number of fused-ring (bicyclic) bond motifs is 1. The number of benzene rings is 1. The Hall–Kier alpha value is -3.35. The van der Waals surface area contributed by atoms with E-state index in [4.69, 9.17) is 0 Å². The summed E-state index contributed by atoms with van der Waals surface area (Å²) < 4.78 is 1.93. The van der Waals surface area contributed by atoms with E-state index in [-0.39, 0.29) is 17.9 Å². The van der Waals surface area contributed by atoms with Crippen molar-refractivity contribution in [2.45, 2.75) is 45.6 Å². The van der Waals surface area contributed by atoms with Gasteiger partial charge in [0, 0.05) is 49.8 Å². The molecule has 1 saturated heterocycles. The molecule has 168 valence electrons. The van der Waals surface area contributed by atoms with E-state index in [9.17, 15) is 9.59 Å². The predicted octanol–water partition coefficient (Wildman–Crippen LogP) is 4.41. The Morgan fingerprint density at radius 3 is 2.59 bits per heavy atom. The minimum atomic E-state index is -0.238. The average molecular weight is 434 g/mol. The number of carbonyl (C=O) groups is 2. The number of rotatable bonds is 6. The molecule has 7 nitrogen and oxygen atoms in total. The fourth-order valence-corrected chi connectivity index (χ4v) is 4.18. The lowest BCUT2D eigenvalue weighted by Crippen LogP contribution is -2.40. The van der Waals surface area contributed by atoms with Crippen LogP contribution in [-0.2, 0) is 11.3 Å². The Bertz CT molecular complexity index is 1070. The van der Waals surface area contributed by atoms with Crippen molar-refractivity contribution in [3.05, 3.63) is 66.1 Å². The van der Waals surface area contributed by atoms with E-state index in [2.05, 4.69) is 34.7 Å². The zero-order valence-electron chi connectivity index (χ0n) is 18.8. The molecule has 4 rings (SSSR count). The molecule has 0 aliphatic carbocycles. The number of carbonyl (C=O) groups excluding carboxylic acids is 2. The molecule has 2 aromatic heterocycles. The first-order valence-electron chi connectivity index (χ1n) is 11.4. The molecular formula is C25H31N5O2. The molecule has 0 spiro atoms. The smallest absolute Gasteiger partial charge is 0.319 e. The number of likely N-dealkylation sites (tertiary alicyclic amines) is 1. The molecule has 7 heteroatoms. The van der Waals surface area contributed by atoms with Crippen molar-refractivity contribution in [1.29, 1.82) is 0 Å². The van der Waals surface area contributed by atoms with Gasteiger partial charge in [0.2, 0.25) is 5.91 Å². The minimum absolute atomic E-state index is 0.108. The number of nitrogens with one attached hydrogen (secondary N) is 2. The van der Waals surface area contributed by atoms with Crippen LogP contribution in [0.25, 0.3) is 5.65 Å². The summed E-state index contributed by atoms with van der Waals surface area (Å²) in [7, 11) is 0. The van der Waals surface area contributed by atoms with Gasteiger partial charge in [-0.3, -0.25) is 4.79 Å². The van der Waals surface area contributed by atoms with E-state index >= 15 is 0 Å². The van der Waals surface area contributed by atoms with E-state index in [1.54, 1.807) is 6.20 Å². The minimum Gasteiger partial charge on any atom is -0.342 e. The summed E-state index contributed by atoms with van der Waals surface area (Å²) >= 11 is 0. The fourth-order valence-electron chi connectivity index (χ4n) is 4.18. The number of hydrogen-bond donors (Lipinski definition) is 2. The van der Waals surface area contributed by atoms with Crippen molar-refractivity contribution >= 4 is 23.3 Å². The Kier molecular flexibility index (Phi) is 6.73. The number of aromatic nitrogens is 2. The van der Waals surface area contributed by atoms with Crippen LogP contribution in [0.1, 0.15) is 50.2 Å². The molecular weight excluding hydrogens is 402 g/mol. The van der Waals surface area contributed by atoms with Crippen molar-refractivity contribution in [3.8, 4) is 0 Å². The highest BCUT2D eigenvalue weighted by Crippen LogP contribution is 2.29. The van der Waals surface area contributed by atoms with Gasteiger partial charge in [0.25, 0.3) is 0 Å². The van der Waals surface area contributed by atoms with Crippen molar-refractivity contribution in [2.24, 2.45) is 5.92 Å². The number of piperidine rings is 1. The van der Waals surface area contributed by atoms with Crippen LogP contribution in [0.3, 0.4) is 0 Å². The summed E-state index contributed by atoms with van der Waals surface area (Å²) in [5, 5.41) is 5.78. The Morgan fingerprint density at radius 2 is 1.88 bits per heavy atom. The lowest BCUT2D eigenvalue weighted by molar-refractivity contribution is -0.136. The van der Waals surface area contributed by atoms with E-state index in [1.165, 1.54) is 5.56 Å². The summed E-state index contributed by atoms with van der Waals surface area (Å²) in [5.74, 6) is 0.842. The van der Waals surface area contributed by atoms with Gasteiger partial charge < -0.3 is 19.9 Å². The number of amides is 3. The second kappa shape index (κ2) is 9.85. The highest BCUT2D eigenvalue weighted by Gasteiger charge is 2.25. The van der Waals surface area contributed by atoms with Crippen LogP contribution in [0.5, 0.6) is 0 Å². The first-order chi connectivity index (χ1) is 15.5. The summed E-state index contributed by atoms with van der Waals surface area (Å²) in [6.45, 7) is 6.14. The van der Waals surface area contributed by atoms with Crippen LogP contribution in [-0.4, -0.2) is 39.3 Å². The van der Waals surface area contributed by atoms with Crippen molar-refractivity contribution in [1.82, 2.24) is 19.6 Å². The molecule has 2 N–H and O–H groups in total. The molecule has 0 unspecified atom stereocenters. The van der Waals surface area contributed by atoms with E-state index < -0.39 is 0 Å². The van der Waals surface area contributed by atoms with Gasteiger partial charge in [-0.15, -0.1) is 0 Å². The monoisotopic (exact) mass is 433 g/mol. The zero-order chi connectivity index (χ0) is 22.5. The summed E-state index contributed by atoms with van der Waals surface area (Å²) in [6, 6.07) is 11.7. The van der Waals surface area contributed by atoms with Crippen molar-refractivity contribution < 1.29 is 9.59 Å². The molecule has 1 atom stereocenters. The van der Waals surface area contributed by atoms with E-state index in [1.807, 2.05) is 52.9 Å². The van der Waals surface area contributed by atoms with Gasteiger partial charge in [0.15, 0.2) is 0 Å². The third-order valence-electron chi connectivity index (χ3n) is 6.40. The molecule has 1 fully saturated rings. The maximum atomic E-state index is 12.4. The first-order valence-corrected chi connectivity index (χ1v) is 11.4. The number of hydrogen-bond acceptors (Lipinski definition) is 3. The normalized spacial score (nSPS) is 15.5. The third kappa shape index (κ3) is 5.10. The first kappa shape index (κ1) is 21.9. The van der Waals surface area contributed by atoms with Crippen LogP contribution < -0.4 is 10.6 Å². The lowest BCUT2D eigenvalue weighted by atomic mass is 9.89. The number of pyridine rings is 1. The molecule has 1 aliphatic rings. The largest absolute Gasteiger partial charge is 0.342 e. The zero-order valence-corrected chi connectivity index (χ0v) is 18.8. The summed E-state index contributed by atoms with van der Waals surface area (Å²) in [4.78, 5) is 30.9. The number of nitrogens with zero attached hydrogens (tertiary/aromatic N) is 3. The highest BCUT2D eigenvalue weighted by atomic mass is 16.2. The van der Waals surface area contributed by atoms with Crippen LogP contribution in [0.4, 0.5) is 10.5 Å². The SMILES string of the molecule is CC[C@H](C)C(=O)N1CCC(c2ccc(NC(=O)NCc3ccn4ccnc4c3)cc2)CC1. The fraction of sp³-hybridized carbons (Fsp3) is 0.400. The molecule has 3 aromatic rings. The molecule has 3 heterocycles. The molecule has 0 radical (unpaired) electrons. The Balaban J connectivity index is 1.25. The lowest BCUT2D eigenvalue weighted by Gasteiger charge is -2.33. The van der Waals surface area contributed by atoms with Crippen LogP contribution >= 0.6 is 0 Å². The number of imidazole rings is 1.